The molecule has 1 fully saturated rings. The minimum atomic E-state index is -0.920. The second kappa shape index (κ2) is 5.26. The van der Waals surface area contributed by atoms with Crippen LogP contribution in [0.3, 0.4) is 0 Å². The summed E-state index contributed by atoms with van der Waals surface area (Å²) in [5, 5.41) is 0. The van der Waals surface area contributed by atoms with Gasteiger partial charge in [0.15, 0.2) is 0 Å². The van der Waals surface area contributed by atoms with E-state index in [1.807, 2.05) is 0 Å². The molecule has 11 heavy (non-hydrogen) atoms. The van der Waals surface area contributed by atoms with E-state index in [2.05, 4.69) is 9.47 Å². The minimum Gasteiger partial charge on any atom is -1.00 e. The summed E-state index contributed by atoms with van der Waals surface area (Å²) in [6.45, 7) is 0. The Morgan fingerprint density at radius 2 is 2.00 bits per heavy atom. The first-order chi connectivity index (χ1) is 4.74. The molecule has 0 atom stereocenters. The SMILES string of the molecule is COC(=O)OC(=O)C1CC1.[H-].[K+]. The predicted octanol–water partition coefficient (Wildman–Crippen LogP) is -2.18. The molecule has 0 aromatic rings. The average Bonchev–Trinajstić information content (AvgIpc) is 2.68. The molecule has 0 spiro atoms. The number of methoxy groups -OCH3 is 1. The summed E-state index contributed by atoms with van der Waals surface area (Å²) < 4.78 is 8.34. The molecule has 1 aliphatic rings. The summed E-state index contributed by atoms with van der Waals surface area (Å²) in [6.07, 6.45) is 0.739. The standard InChI is InChI=1S/C6H8O4.K.H/c1-9-6(8)10-5(7)4-2-3-4;;/h4H,2-3H2,1H3;;/q;+1;-1. The molecule has 0 N–H and O–H groups in total. The van der Waals surface area contributed by atoms with Crippen molar-refractivity contribution in [3.63, 3.8) is 0 Å². The van der Waals surface area contributed by atoms with Crippen molar-refractivity contribution in [2.75, 3.05) is 7.11 Å². The van der Waals surface area contributed by atoms with Crippen molar-refractivity contribution in [2.45, 2.75) is 12.8 Å². The first-order valence-electron chi connectivity index (χ1n) is 3.03. The molecule has 0 aromatic carbocycles. The van der Waals surface area contributed by atoms with E-state index in [1.165, 1.54) is 7.11 Å². The normalized spacial score (nSPS) is 14.6. The van der Waals surface area contributed by atoms with Crippen LogP contribution < -0.4 is 51.4 Å². The van der Waals surface area contributed by atoms with Gasteiger partial charge in [0.1, 0.15) is 0 Å². The van der Waals surface area contributed by atoms with E-state index in [0.29, 0.717) is 0 Å². The molecule has 4 nitrogen and oxygen atoms in total. The third-order valence-electron chi connectivity index (χ3n) is 1.26. The smallest absolute Gasteiger partial charge is 1.00 e. The van der Waals surface area contributed by atoms with E-state index >= 15 is 0 Å². The van der Waals surface area contributed by atoms with Crippen molar-refractivity contribution in [3.05, 3.63) is 0 Å². The van der Waals surface area contributed by atoms with Gasteiger partial charge in [0.2, 0.25) is 0 Å². The number of hydrogen-bond donors (Lipinski definition) is 0. The molecule has 58 valence electrons. The zero-order chi connectivity index (χ0) is 7.56. The maximum Gasteiger partial charge on any atom is 1.00 e. The predicted molar refractivity (Wildman–Crippen MR) is 32.3 cm³/mol. The van der Waals surface area contributed by atoms with Crippen LogP contribution in [0.4, 0.5) is 4.79 Å². The van der Waals surface area contributed by atoms with Gasteiger partial charge in [0.05, 0.1) is 13.0 Å². The molecule has 1 aliphatic carbocycles. The van der Waals surface area contributed by atoms with Gasteiger partial charge in [-0.15, -0.1) is 0 Å². The molecule has 0 amide bonds. The average molecular weight is 184 g/mol. The first-order valence-corrected chi connectivity index (χ1v) is 3.03. The molecule has 0 unspecified atom stereocenters. The first kappa shape index (κ1) is 11.6. The van der Waals surface area contributed by atoms with Crippen LogP contribution in [0.25, 0.3) is 0 Å². The van der Waals surface area contributed by atoms with Crippen LogP contribution in [0, 0.1) is 5.92 Å². The monoisotopic (exact) mass is 184 g/mol. The third kappa shape index (κ3) is 4.22. The van der Waals surface area contributed by atoms with Gasteiger partial charge in [-0.1, -0.05) is 0 Å². The maximum absolute atomic E-state index is 10.7. The molecule has 0 radical (unpaired) electrons. The number of carbonyl (C=O) groups excluding carboxylic acids is 2. The van der Waals surface area contributed by atoms with Gasteiger partial charge in [-0.2, -0.15) is 0 Å². The van der Waals surface area contributed by atoms with Crippen LogP contribution in [-0.4, -0.2) is 19.2 Å². The number of rotatable bonds is 1. The van der Waals surface area contributed by atoms with Crippen molar-refractivity contribution in [1.29, 1.82) is 0 Å². The van der Waals surface area contributed by atoms with Crippen LogP contribution in [0.5, 0.6) is 0 Å². The summed E-state index contributed by atoms with van der Waals surface area (Å²) in [5.41, 5.74) is 0. The van der Waals surface area contributed by atoms with Gasteiger partial charge >= 0.3 is 63.5 Å². The molecule has 0 saturated heterocycles. The van der Waals surface area contributed by atoms with Gasteiger partial charge in [-0.3, -0.25) is 4.79 Å². The van der Waals surface area contributed by atoms with Gasteiger partial charge in [-0.25, -0.2) is 4.79 Å². The Balaban J connectivity index is 0. The Hall–Kier alpha value is 0.576. The van der Waals surface area contributed by atoms with Crippen molar-refractivity contribution in [3.8, 4) is 0 Å². The van der Waals surface area contributed by atoms with E-state index in [9.17, 15) is 9.59 Å². The van der Waals surface area contributed by atoms with E-state index in [0.717, 1.165) is 12.8 Å². The number of ether oxygens (including phenoxy) is 2. The maximum atomic E-state index is 10.7. The minimum absolute atomic E-state index is 0. The number of esters is 1. The van der Waals surface area contributed by atoms with Crippen molar-refractivity contribution < 1.29 is 71.9 Å². The van der Waals surface area contributed by atoms with E-state index in [-0.39, 0.29) is 58.7 Å². The summed E-state index contributed by atoms with van der Waals surface area (Å²) in [7, 11) is 1.17. The molecule has 0 heterocycles. The molecule has 1 rings (SSSR count). The fourth-order valence-corrected chi connectivity index (χ4v) is 0.526. The van der Waals surface area contributed by atoms with Gasteiger partial charge < -0.3 is 10.9 Å². The van der Waals surface area contributed by atoms with E-state index < -0.39 is 12.1 Å². The fourth-order valence-electron chi connectivity index (χ4n) is 0.526. The molecular formula is C6H9KO4. The molecule has 5 heteroatoms. The largest absolute Gasteiger partial charge is 1.00 e. The zero-order valence-electron chi connectivity index (χ0n) is 7.62. The molecule has 0 aliphatic heterocycles. The Morgan fingerprint density at radius 1 is 1.45 bits per heavy atom. The van der Waals surface area contributed by atoms with Gasteiger partial charge in [0, 0.05) is 0 Å². The number of hydrogen-bond acceptors (Lipinski definition) is 4. The van der Waals surface area contributed by atoms with Crippen LogP contribution in [-0.2, 0) is 14.3 Å². The topological polar surface area (TPSA) is 52.6 Å². The van der Waals surface area contributed by atoms with Crippen LogP contribution in [0.2, 0.25) is 0 Å². The Kier molecular flexibility index (Phi) is 5.54. The summed E-state index contributed by atoms with van der Waals surface area (Å²) in [4.78, 5) is 20.9. The van der Waals surface area contributed by atoms with Crippen LogP contribution in [0.1, 0.15) is 14.3 Å². The summed E-state index contributed by atoms with van der Waals surface area (Å²) in [5.74, 6) is -0.522. The van der Waals surface area contributed by atoms with E-state index in [4.69, 9.17) is 0 Å². The second-order valence-corrected chi connectivity index (χ2v) is 2.15. The summed E-state index contributed by atoms with van der Waals surface area (Å²) in [6, 6.07) is 0. The second-order valence-electron chi connectivity index (χ2n) is 2.15. The van der Waals surface area contributed by atoms with Crippen molar-refractivity contribution in [2.24, 2.45) is 5.92 Å². The van der Waals surface area contributed by atoms with Gasteiger partial charge in [0.25, 0.3) is 0 Å². The van der Waals surface area contributed by atoms with Crippen molar-refractivity contribution >= 4 is 12.1 Å². The molecule has 1 saturated carbocycles. The van der Waals surface area contributed by atoms with E-state index in [1.54, 1.807) is 0 Å². The molecular weight excluding hydrogens is 175 g/mol. The fraction of sp³-hybridized carbons (Fsp3) is 0.667. The Morgan fingerprint density at radius 3 is 2.36 bits per heavy atom. The number of carbonyl (C=O) groups is 2. The van der Waals surface area contributed by atoms with Crippen molar-refractivity contribution in [1.82, 2.24) is 0 Å². The third-order valence-corrected chi connectivity index (χ3v) is 1.26. The Bertz CT molecular complexity index is 169. The zero-order valence-corrected chi connectivity index (χ0v) is 9.75. The van der Waals surface area contributed by atoms with Gasteiger partial charge in [-0.05, 0) is 12.8 Å². The quantitative estimate of drug-likeness (QED) is 0.264. The Labute approximate surface area is 109 Å². The molecule has 0 aromatic heterocycles. The van der Waals surface area contributed by atoms with Crippen LogP contribution in [0.15, 0.2) is 0 Å². The summed E-state index contributed by atoms with van der Waals surface area (Å²) >= 11 is 0. The molecule has 0 bridgehead atoms. The van der Waals surface area contributed by atoms with Crippen LogP contribution >= 0.6 is 0 Å².